The number of aliphatic hydroxyl groups is 2. The molecule has 0 saturated heterocycles. The fourth-order valence-electron chi connectivity index (χ4n) is 1.11. The highest BCUT2D eigenvalue weighted by Gasteiger charge is 2.03. The molecule has 0 bridgehead atoms. The number of hydrogen-bond donors (Lipinski definition) is 2. The summed E-state index contributed by atoms with van der Waals surface area (Å²) in [5.74, 6) is -0.876. The van der Waals surface area contributed by atoms with Crippen LogP contribution < -0.4 is 0 Å². The predicted molar refractivity (Wildman–Crippen MR) is 84.2 cm³/mol. The van der Waals surface area contributed by atoms with E-state index in [2.05, 4.69) is 24.8 Å². The van der Waals surface area contributed by atoms with Crippen LogP contribution in [-0.4, -0.2) is 48.1 Å². The average Bonchev–Trinajstić information content (AvgIpc) is 2.52. The van der Waals surface area contributed by atoms with Gasteiger partial charge in [-0.2, -0.15) is 0 Å². The van der Waals surface area contributed by atoms with Gasteiger partial charge in [-0.25, -0.2) is 9.59 Å². The summed E-state index contributed by atoms with van der Waals surface area (Å²) in [4.78, 5) is 21.2. The molecule has 0 aliphatic rings. The van der Waals surface area contributed by atoms with Gasteiger partial charge in [0.05, 0.1) is 13.2 Å². The SMILES string of the molecule is C=C(C)C(=O)OCCCCCC.C=CC(=O)OCC(O)CO. The fraction of sp³-hybridized carbons (Fsp3) is 0.625. The third-order valence-corrected chi connectivity index (χ3v) is 2.37. The molecule has 0 spiro atoms. The number of esters is 2. The Labute approximate surface area is 132 Å². The molecule has 0 aliphatic carbocycles. The van der Waals surface area contributed by atoms with E-state index in [9.17, 15) is 9.59 Å². The minimum atomic E-state index is -0.996. The lowest BCUT2D eigenvalue weighted by molar-refractivity contribution is -0.141. The van der Waals surface area contributed by atoms with Crippen molar-refractivity contribution >= 4 is 11.9 Å². The highest BCUT2D eigenvalue weighted by Crippen LogP contribution is 2.00. The first-order valence-corrected chi connectivity index (χ1v) is 7.29. The van der Waals surface area contributed by atoms with Crippen molar-refractivity contribution in [3.05, 3.63) is 24.8 Å². The topological polar surface area (TPSA) is 93.1 Å². The van der Waals surface area contributed by atoms with Crippen LogP contribution in [0.3, 0.4) is 0 Å². The number of aliphatic hydroxyl groups excluding tert-OH is 2. The minimum Gasteiger partial charge on any atom is -0.462 e. The maximum absolute atomic E-state index is 10.9. The summed E-state index contributed by atoms with van der Waals surface area (Å²) >= 11 is 0. The first-order valence-electron chi connectivity index (χ1n) is 7.29. The zero-order valence-corrected chi connectivity index (χ0v) is 13.5. The molecular weight excluding hydrogens is 288 g/mol. The van der Waals surface area contributed by atoms with E-state index < -0.39 is 18.7 Å². The summed E-state index contributed by atoms with van der Waals surface area (Å²) in [5, 5.41) is 16.9. The van der Waals surface area contributed by atoms with Crippen LogP contribution in [0.1, 0.15) is 39.5 Å². The van der Waals surface area contributed by atoms with Crippen LogP contribution in [0.15, 0.2) is 24.8 Å². The van der Waals surface area contributed by atoms with Crippen LogP contribution in [0, 0.1) is 0 Å². The number of hydrogen-bond acceptors (Lipinski definition) is 6. The Morgan fingerprint density at radius 1 is 1.23 bits per heavy atom. The monoisotopic (exact) mass is 316 g/mol. The molecule has 0 aromatic heterocycles. The van der Waals surface area contributed by atoms with Crippen molar-refractivity contribution in [1.82, 2.24) is 0 Å². The predicted octanol–water partition coefficient (Wildman–Crippen LogP) is 1.75. The highest BCUT2D eigenvalue weighted by atomic mass is 16.5. The van der Waals surface area contributed by atoms with Gasteiger partial charge < -0.3 is 19.7 Å². The summed E-state index contributed by atoms with van der Waals surface area (Å²) in [6.45, 7) is 10.4. The van der Waals surface area contributed by atoms with Crippen molar-refractivity contribution in [1.29, 1.82) is 0 Å². The maximum Gasteiger partial charge on any atom is 0.333 e. The molecule has 128 valence electrons. The molecule has 6 heteroatoms. The van der Waals surface area contributed by atoms with Gasteiger partial charge in [-0.1, -0.05) is 39.3 Å². The summed E-state index contributed by atoms with van der Waals surface area (Å²) in [7, 11) is 0. The van der Waals surface area contributed by atoms with Crippen molar-refractivity contribution in [2.45, 2.75) is 45.6 Å². The van der Waals surface area contributed by atoms with Gasteiger partial charge in [-0.05, 0) is 13.3 Å². The molecule has 0 heterocycles. The van der Waals surface area contributed by atoms with Crippen LogP contribution in [0.4, 0.5) is 0 Å². The molecular formula is C16H28O6. The van der Waals surface area contributed by atoms with E-state index in [4.69, 9.17) is 14.9 Å². The Morgan fingerprint density at radius 3 is 2.32 bits per heavy atom. The van der Waals surface area contributed by atoms with Gasteiger partial charge in [0.1, 0.15) is 12.7 Å². The average molecular weight is 316 g/mol. The zero-order valence-electron chi connectivity index (χ0n) is 13.5. The lowest BCUT2D eigenvalue weighted by atomic mass is 10.2. The van der Waals surface area contributed by atoms with Crippen LogP contribution >= 0.6 is 0 Å². The third kappa shape index (κ3) is 16.4. The molecule has 0 rings (SSSR count). The van der Waals surface area contributed by atoms with E-state index in [1.54, 1.807) is 6.92 Å². The number of ether oxygens (including phenoxy) is 2. The molecule has 2 N–H and O–H groups in total. The number of unbranched alkanes of at least 4 members (excludes halogenated alkanes) is 3. The maximum atomic E-state index is 10.9. The summed E-state index contributed by atoms with van der Waals surface area (Å²) in [6.07, 6.45) is 4.51. The first-order chi connectivity index (χ1) is 10.4. The first kappa shape index (κ1) is 22.6. The van der Waals surface area contributed by atoms with Crippen molar-refractivity contribution < 1.29 is 29.3 Å². The van der Waals surface area contributed by atoms with Crippen molar-refractivity contribution in [3.63, 3.8) is 0 Å². The largest absolute Gasteiger partial charge is 0.462 e. The summed E-state index contributed by atoms with van der Waals surface area (Å²) < 4.78 is 9.29. The van der Waals surface area contributed by atoms with E-state index in [1.165, 1.54) is 12.8 Å². The second-order valence-electron chi connectivity index (χ2n) is 4.65. The molecule has 1 atom stereocenters. The summed E-state index contributed by atoms with van der Waals surface area (Å²) in [6, 6.07) is 0. The second-order valence-corrected chi connectivity index (χ2v) is 4.65. The quantitative estimate of drug-likeness (QED) is 0.362. The van der Waals surface area contributed by atoms with E-state index >= 15 is 0 Å². The van der Waals surface area contributed by atoms with Crippen LogP contribution in [0.2, 0.25) is 0 Å². The normalized spacial score (nSPS) is 10.7. The van der Waals surface area contributed by atoms with Gasteiger partial charge >= 0.3 is 11.9 Å². The van der Waals surface area contributed by atoms with Crippen LogP contribution in [-0.2, 0) is 19.1 Å². The molecule has 0 aliphatic heterocycles. The molecule has 22 heavy (non-hydrogen) atoms. The van der Waals surface area contributed by atoms with Gasteiger partial charge in [-0.15, -0.1) is 0 Å². The van der Waals surface area contributed by atoms with Crippen LogP contribution in [0.25, 0.3) is 0 Å². The van der Waals surface area contributed by atoms with E-state index in [-0.39, 0.29) is 12.6 Å². The van der Waals surface area contributed by atoms with Gasteiger partial charge in [-0.3, -0.25) is 0 Å². The lowest BCUT2D eigenvalue weighted by Gasteiger charge is -2.05. The molecule has 0 saturated carbocycles. The van der Waals surface area contributed by atoms with Crippen molar-refractivity contribution in [2.75, 3.05) is 19.8 Å². The molecule has 0 radical (unpaired) electrons. The Hall–Kier alpha value is -1.66. The molecule has 0 aromatic carbocycles. The Morgan fingerprint density at radius 2 is 1.86 bits per heavy atom. The molecule has 1 unspecified atom stereocenters. The van der Waals surface area contributed by atoms with Gasteiger partial charge in [0.2, 0.25) is 0 Å². The van der Waals surface area contributed by atoms with Gasteiger partial charge in [0.25, 0.3) is 0 Å². The Balaban J connectivity index is 0. The zero-order chi connectivity index (χ0) is 17.4. The van der Waals surface area contributed by atoms with Gasteiger partial charge in [0, 0.05) is 11.6 Å². The summed E-state index contributed by atoms with van der Waals surface area (Å²) in [5.41, 5.74) is 0.477. The van der Waals surface area contributed by atoms with E-state index in [0.717, 1.165) is 18.9 Å². The standard InChI is InChI=1S/C10H18O2.C6H10O4/c1-4-5-6-7-8-12-10(11)9(2)3;1-2-6(9)10-4-5(8)3-7/h2,4-8H2,1,3H3;2,5,7-8H,1,3-4H2. The highest BCUT2D eigenvalue weighted by molar-refractivity contribution is 5.86. The second kappa shape index (κ2) is 15.7. The molecule has 6 nitrogen and oxygen atoms in total. The molecule has 0 amide bonds. The van der Waals surface area contributed by atoms with E-state index in [0.29, 0.717) is 12.2 Å². The Kier molecular flexibility index (Phi) is 16.2. The van der Waals surface area contributed by atoms with Crippen LogP contribution in [0.5, 0.6) is 0 Å². The number of carbonyl (C=O) groups is 2. The fourth-order valence-corrected chi connectivity index (χ4v) is 1.11. The minimum absolute atomic E-state index is 0.193. The van der Waals surface area contributed by atoms with Crippen molar-refractivity contribution in [3.8, 4) is 0 Å². The molecule has 0 fully saturated rings. The third-order valence-electron chi connectivity index (χ3n) is 2.37. The van der Waals surface area contributed by atoms with Gasteiger partial charge in [0.15, 0.2) is 0 Å². The smallest absolute Gasteiger partial charge is 0.333 e. The van der Waals surface area contributed by atoms with Crippen molar-refractivity contribution in [2.24, 2.45) is 0 Å². The van der Waals surface area contributed by atoms with E-state index in [1.807, 2.05) is 0 Å². The Bertz CT molecular complexity index is 338. The number of rotatable bonds is 10. The lowest BCUT2D eigenvalue weighted by Crippen LogP contribution is -2.21. The number of carbonyl (C=O) groups excluding carboxylic acids is 2. The molecule has 0 aromatic rings.